The van der Waals surface area contributed by atoms with Crippen LogP contribution in [-0.4, -0.2) is 25.2 Å². The van der Waals surface area contributed by atoms with Crippen molar-refractivity contribution in [2.45, 2.75) is 6.92 Å². The number of carbonyl (C=O) groups excluding carboxylic acids is 2. The molecule has 0 aliphatic heterocycles. The Morgan fingerprint density at radius 2 is 2.17 bits per heavy atom. The van der Waals surface area contributed by atoms with Crippen LogP contribution in [0.1, 0.15) is 6.92 Å². The predicted molar refractivity (Wildman–Crippen MR) is 65.1 cm³/mol. The first-order valence-electron chi connectivity index (χ1n) is 5.19. The molecule has 2 N–H and O–H groups in total. The highest BCUT2D eigenvalue weighted by Crippen LogP contribution is 2.24. The van der Waals surface area contributed by atoms with Crippen LogP contribution in [0.4, 0.5) is 14.9 Å². The molecule has 2 amide bonds. The normalized spacial score (nSPS) is 9.72. The van der Waals surface area contributed by atoms with Gasteiger partial charge in [0, 0.05) is 0 Å². The van der Waals surface area contributed by atoms with Gasteiger partial charge >= 0.3 is 12.0 Å². The van der Waals surface area contributed by atoms with Crippen molar-refractivity contribution < 1.29 is 18.7 Å². The summed E-state index contributed by atoms with van der Waals surface area (Å²) in [6.07, 6.45) is 0. The van der Waals surface area contributed by atoms with E-state index in [9.17, 15) is 14.0 Å². The number of benzene rings is 1. The van der Waals surface area contributed by atoms with E-state index in [2.05, 4.69) is 15.4 Å². The van der Waals surface area contributed by atoms with Crippen LogP contribution >= 0.6 is 11.6 Å². The van der Waals surface area contributed by atoms with Crippen LogP contribution in [0, 0.1) is 5.82 Å². The Labute approximate surface area is 108 Å². The molecule has 0 unspecified atom stereocenters. The largest absolute Gasteiger partial charge is 0.465 e. The molecule has 0 aliphatic rings. The topological polar surface area (TPSA) is 67.4 Å². The summed E-state index contributed by atoms with van der Waals surface area (Å²) in [4.78, 5) is 22.3. The second kappa shape index (κ2) is 6.80. The highest BCUT2D eigenvalue weighted by Gasteiger charge is 2.11. The van der Waals surface area contributed by atoms with Gasteiger partial charge in [0.2, 0.25) is 0 Å². The third-order valence-electron chi connectivity index (χ3n) is 1.90. The zero-order valence-corrected chi connectivity index (χ0v) is 10.4. The smallest absolute Gasteiger partial charge is 0.325 e. The molecule has 0 radical (unpaired) electrons. The van der Waals surface area contributed by atoms with Gasteiger partial charge in [0.25, 0.3) is 0 Å². The monoisotopic (exact) mass is 274 g/mol. The highest BCUT2D eigenvalue weighted by atomic mass is 35.5. The molecular formula is C11H12ClFN2O3. The van der Waals surface area contributed by atoms with Crippen molar-refractivity contribution >= 4 is 29.3 Å². The number of ether oxygens (including phenoxy) is 1. The SMILES string of the molecule is CCOC(=O)CNC(=O)Nc1c(F)cccc1Cl. The van der Waals surface area contributed by atoms with E-state index in [0.717, 1.165) is 6.07 Å². The minimum atomic E-state index is -0.741. The Kier molecular flexibility index (Phi) is 5.38. The molecular weight excluding hydrogens is 263 g/mol. The third-order valence-corrected chi connectivity index (χ3v) is 2.21. The Morgan fingerprint density at radius 1 is 1.44 bits per heavy atom. The highest BCUT2D eigenvalue weighted by molar-refractivity contribution is 6.33. The van der Waals surface area contributed by atoms with E-state index in [0.29, 0.717) is 0 Å². The number of hydrogen-bond acceptors (Lipinski definition) is 3. The van der Waals surface area contributed by atoms with Gasteiger partial charge in [-0.3, -0.25) is 4.79 Å². The predicted octanol–water partition coefficient (Wildman–Crippen LogP) is 2.16. The molecule has 0 saturated carbocycles. The van der Waals surface area contributed by atoms with Crippen LogP contribution in [0.2, 0.25) is 5.02 Å². The maximum absolute atomic E-state index is 13.3. The number of esters is 1. The number of urea groups is 1. The number of nitrogens with one attached hydrogen (secondary N) is 2. The van der Waals surface area contributed by atoms with Crippen LogP contribution in [0.5, 0.6) is 0 Å². The standard InChI is InChI=1S/C11H12ClFN2O3/c1-2-18-9(16)6-14-11(17)15-10-7(12)4-3-5-8(10)13/h3-5H,2,6H2,1H3,(H2,14,15,17). The fourth-order valence-corrected chi connectivity index (χ4v) is 1.35. The van der Waals surface area contributed by atoms with E-state index < -0.39 is 17.8 Å². The number of para-hydroxylation sites is 1. The van der Waals surface area contributed by atoms with Crippen LogP contribution in [-0.2, 0) is 9.53 Å². The van der Waals surface area contributed by atoms with Gasteiger partial charge < -0.3 is 15.4 Å². The molecule has 0 saturated heterocycles. The molecule has 0 aliphatic carbocycles. The lowest BCUT2D eigenvalue weighted by Gasteiger charge is -2.09. The van der Waals surface area contributed by atoms with Crippen molar-refractivity contribution in [1.82, 2.24) is 5.32 Å². The molecule has 0 heterocycles. The average molecular weight is 275 g/mol. The van der Waals surface area contributed by atoms with Gasteiger partial charge in [0.05, 0.1) is 17.3 Å². The molecule has 98 valence electrons. The van der Waals surface area contributed by atoms with Crippen LogP contribution in [0.3, 0.4) is 0 Å². The van der Waals surface area contributed by atoms with Gasteiger partial charge in [0.1, 0.15) is 12.4 Å². The van der Waals surface area contributed by atoms with E-state index in [1.165, 1.54) is 12.1 Å². The van der Waals surface area contributed by atoms with Crippen molar-refractivity contribution in [3.05, 3.63) is 29.0 Å². The second-order valence-electron chi connectivity index (χ2n) is 3.21. The summed E-state index contributed by atoms with van der Waals surface area (Å²) in [7, 11) is 0. The van der Waals surface area contributed by atoms with Crippen molar-refractivity contribution in [1.29, 1.82) is 0 Å². The molecule has 18 heavy (non-hydrogen) atoms. The quantitative estimate of drug-likeness (QED) is 0.827. The molecule has 1 rings (SSSR count). The molecule has 7 heteroatoms. The Morgan fingerprint density at radius 3 is 2.78 bits per heavy atom. The van der Waals surface area contributed by atoms with E-state index >= 15 is 0 Å². The molecule has 0 bridgehead atoms. The maximum atomic E-state index is 13.3. The second-order valence-corrected chi connectivity index (χ2v) is 3.62. The van der Waals surface area contributed by atoms with Gasteiger partial charge in [-0.15, -0.1) is 0 Å². The van der Waals surface area contributed by atoms with Crippen LogP contribution in [0.15, 0.2) is 18.2 Å². The summed E-state index contributed by atoms with van der Waals surface area (Å²) in [6.45, 7) is 1.57. The minimum Gasteiger partial charge on any atom is -0.465 e. The van der Waals surface area contributed by atoms with Crippen molar-refractivity contribution in [3.8, 4) is 0 Å². The summed E-state index contributed by atoms with van der Waals surface area (Å²) >= 11 is 5.71. The number of rotatable bonds is 4. The van der Waals surface area contributed by atoms with Crippen LogP contribution in [0.25, 0.3) is 0 Å². The number of halogens is 2. The fourth-order valence-electron chi connectivity index (χ4n) is 1.14. The van der Waals surface area contributed by atoms with Gasteiger partial charge in [0.15, 0.2) is 0 Å². The van der Waals surface area contributed by atoms with Crippen molar-refractivity contribution in [2.24, 2.45) is 0 Å². The molecule has 1 aromatic rings. The Balaban J connectivity index is 2.52. The lowest BCUT2D eigenvalue weighted by Crippen LogP contribution is -2.34. The maximum Gasteiger partial charge on any atom is 0.325 e. The van der Waals surface area contributed by atoms with E-state index in [-0.39, 0.29) is 23.9 Å². The third kappa shape index (κ3) is 4.21. The van der Waals surface area contributed by atoms with Gasteiger partial charge in [-0.2, -0.15) is 0 Å². The van der Waals surface area contributed by atoms with E-state index in [1.54, 1.807) is 6.92 Å². The molecule has 1 aromatic carbocycles. The lowest BCUT2D eigenvalue weighted by molar-refractivity contribution is -0.141. The average Bonchev–Trinajstić information content (AvgIpc) is 2.32. The summed E-state index contributed by atoms with van der Waals surface area (Å²) in [6, 6.07) is 3.27. The number of carbonyl (C=O) groups is 2. The number of hydrogen-bond donors (Lipinski definition) is 2. The van der Waals surface area contributed by atoms with Gasteiger partial charge in [-0.1, -0.05) is 17.7 Å². The Hall–Kier alpha value is -1.82. The summed E-state index contributed by atoms with van der Waals surface area (Å²) in [5, 5.41) is 4.50. The molecule has 0 fully saturated rings. The lowest BCUT2D eigenvalue weighted by atomic mass is 10.3. The zero-order chi connectivity index (χ0) is 13.5. The summed E-state index contributed by atoms with van der Waals surface area (Å²) < 4.78 is 17.9. The minimum absolute atomic E-state index is 0.0706. The number of anilines is 1. The number of amides is 2. The van der Waals surface area contributed by atoms with Crippen LogP contribution < -0.4 is 10.6 Å². The van der Waals surface area contributed by atoms with Gasteiger partial charge in [-0.25, -0.2) is 9.18 Å². The van der Waals surface area contributed by atoms with Gasteiger partial charge in [-0.05, 0) is 19.1 Å². The zero-order valence-electron chi connectivity index (χ0n) is 9.63. The summed E-state index contributed by atoms with van der Waals surface area (Å²) in [5.41, 5.74) is -0.138. The fraction of sp³-hybridized carbons (Fsp3) is 0.273. The van der Waals surface area contributed by atoms with Crippen molar-refractivity contribution in [3.63, 3.8) is 0 Å². The first-order chi connectivity index (χ1) is 8.54. The van der Waals surface area contributed by atoms with Crippen molar-refractivity contribution in [2.75, 3.05) is 18.5 Å². The van der Waals surface area contributed by atoms with E-state index in [1.807, 2.05) is 0 Å². The first kappa shape index (κ1) is 14.2. The molecule has 0 aromatic heterocycles. The summed E-state index contributed by atoms with van der Waals surface area (Å²) in [5.74, 6) is -1.24. The molecule has 5 nitrogen and oxygen atoms in total. The Bertz CT molecular complexity index is 434. The molecule has 0 atom stereocenters. The molecule has 0 spiro atoms. The first-order valence-corrected chi connectivity index (χ1v) is 5.57. The van der Waals surface area contributed by atoms with E-state index in [4.69, 9.17) is 11.6 Å².